The molecule has 112 valence electrons. The van der Waals surface area contributed by atoms with Crippen LogP contribution in [0.2, 0.25) is 0 Å². The summed E-state index contributed by atoms with van der Waals surface area (Å²) >= 11 is 0. The smallest absolute Gasteiger partial charge is 0.406 e. The van der Waals surface area contributed by atoms with Gasteiger partial charge < -0.3 is 4.74 Å². The predicted molar refractivity (Wildman–Crippen MR) is 77.7 cm³/mol. The molecule has 0 radical (unpaired) electrons. The zero-order valence-electron chi connectivity index (χ0n) is 11.5. The van der Waals surface area contributed by atoms with Crippen molar-refractivity contribution < 1.29 is 17.9 Å². The van der Waals surface area contributed by atoms with Gasteiger partial charge in [-0.25, -0.2) is 0 Å². The van der Waals surface area contributed by atoms with E-state index in [0.29, 0.717) is 6.42 Å². The predicted octanol–water partition coefficient (Wildman–Crippen LogP) is 4.72. The molecular formula is C17H12F3NO. The molecule has 22 heavy (non-hydrogen) atoms. The van der Waals surface area contributed by atoms with E-state index < -0.39 is 6.36 Å². The molecule has 0 fully saturated rings. The summed E-state index contributed by atoms with van der Waals surface area (Å²) < 4.78 is 40.7. The molecule has 2 nitrogen and oxygen atoms in total. The van der Waals surface area contributed by atoms with Crippen molar-refractivity contribution in [2.75, 3.05) is 0 Å². The Morgan fingerprint density at radius 1 is 0.909 bits per heavy atom. The van der Waals surface area contributed by atoms with Crippen LogP contribution in [0.25, 0.3) is 10.9 Å². The van der Waals surface area contributed by atoms with E-state index >= 15 is 0 Å². The maximum atomic E-state index is 12.2. The maximum absolute atomic E-state index is 12.2. The standard InChI is InChI=1S/C17H12F3NO/c18-17(19,20)22-15-5-1-3-12(11-15)9-13-6-7-16-14(10-13)4-2-8-21-16/h1-8,10-11H,9H2. The van der Waals surface area contributed by atoms with Gasteiger partial charge in [0.25, 0.3) is 0 Å². The van der Waals surface area contributed by atoms with Crippen molar-refractivity contribution in [3.63, 3.8) is 0 Å². The molecule has 0 saturated heterocycles. The second-order valence-electron chi connectivity index (χ2n) is 4.90. The number of hydrogen-bond donors (Lipinski definition) is 0. The number of benzene rings is 2. The molecule has 0 unspecified atom stereocenters. The van der Waals surface area contributed by atoms with E-state index in [1.165, 1.54) is 12.1 Å². The summed E-state index contributed by atoms with van der Waals surface area (Å²) in [4.78, 5) is 4.24. The van der Waals surface area contributed by atoms with Gasteiger partial charge in [0.05, 0.1) is 5.52 Å². The van der Waals surface area contributed by atoms with E-state index in [2.05, 4.69) is 9.72 Å². The summed E-state index contributed by atoms with van der Waals surface area (Å²) in [5.74, 6) is -0.201. The number of hydrogen-bond acceptors (Lipinski definition) is 2. The quantitative estimate of drug-likeness (QED) is 0.698. The van der Waals surface area contributed by atoms with Gasteiger partial charge in [-0.1, -0.05) is 24.3 Å². The lowest BCUT2D eigenvalue weighted by molar-refractivity contribution is -0.274. The minimum Gasteiger partial charge on any atom is -0.406 e. The third-order valence-electron chi connectivity index (χ3n) is 3.21. The Morgan fingerprint density at radius 3 is 2.55 bits per heavy atom. The average molecular weight is 303 g/mol. The van der Waals surface area contributed by atoms with Gasteiger partial charge in [-0.2, -0.15) is 0 Å². The van der Waals surface area contributed by atoms with Crippen LogP contribution < -0.4 is 4.74 Å². The van der Waals surface area contributed by atoms with Crippen LogP contribution in [-0.2, 0) is 6.42 Å². The summed E-state index contributed by atoms with van der Waals surface area (Å²) in [6.07, 6.45) is -2.42. The molecule has 0 aliphatic rings. The van der Waals surface area contributed by atoms with Crippen molar-refractivity contribution in [1.29, 1.82) is 0 Å². The lowest BCUT2D eigenvalue weighted by Gasteiger charge is -2.10. The SMILES string of the molecule is FC(F)(F)Oc1cccc(Cc2ccc3ncccc3c2)c1. The summed E-state index contributed by atoms with van der Waals surface area (Å²) in [6.45, 7) is 0. The Bertz CT molecular complexity index is 799. The summed E-state index contributed by atoms with van der Waals surface area (Å²) in [5, 5.41) is 1.00. The maximum Gasteiger partial charge on any atom is 0.573 e. The Morgan fingerprint density at radius 2 is 1.73 bits per heavy atom. The number of halogens is 3. The second-order valence-corrected chi connectivity index (χ2v) is 4.90. The minimum absolute atomic E-state index is 0.201. The number of alkyl halides is 3. The van der Waals surface area contributed by atoms with E-state index in [1.54, 1.807) is 18.3 Å². The molecule has 0 N–H and O–H groups in total. The third-order valence-corrected chi connectivity index (χ3v) is 3.21. The van der Waals surface area contributed by atoms with Crippen LogP contribution in [0.4, 0.5) is 13.2 Å². The van der Waals surface area contributed by atoms with Crippen molar-refractivity contribution in [2.24, 2.45) is 0 Å². The Labute approximate surface area is 125 Å². The van der Waals surface area contributed by atoms with Crippen LogP contribution in [0.3, 0.4) is 0 Å². The van der Waals surface area contributed by atoms with Crippen LogP contribution in [0.15, 0.2) is 60.8 Å². The molecule has 5 heteroatoms. The highest BCUT2D eigenvalue weighted by molar-refractivity contribution is 5.79. The lowest BCUT2D eigenvalue weighted by Crippen LogP contribution is -2.17. The molecule has 0 amide bonds. The van der Waals surface area contributed by atoms with Gasteiger partial charge in [-0.15, -0.1) is 13.2 Å². The van der Waals surface area contributed by atoms with Crippen LogP contribution in [0.5, 0.6) is 5.75 Å². The molecule has 2 aromatic carbocycles. The summed E-state index contributed by atoms with van der Waals surface area (Å²) in [7, 11) is 0. The van der Waals surface area contributed by atoms with Crippen molar-refractivity contribution >= 4 is 10.9 Å². The highest BCUT2D eigenvalue weighted by atomic mass is 19.4. The van der Waals surface area contributed by atoms with Crippen LogP contribution >= 0.6 is 0 Å². The van der Waals surface area contributed by atoms with E-state index in [4.69, 9.17) is 0 Å². The van der Waals surface area contributed by atoms with Crippen molar-refractivity contribution in [3.05, 3.63) is 71.9 Å². The summed E-state index contributed by atoms with van der Waals surface area (Å²) in [6, 6.07) is 15.6. The van der Waals surface area contributed by atoms with Gasteiger partial charge in [-0.05, 0) is 47.9 Å². The van der Waals surface area contributed by atoms with E-state index in [-0.39, 0.29) is 5.75 Å². The monoisotopic (exact) mass is 303 g/mol. The fourth-order valence-corrected chi connectivity index (χ4v) is 2.32. The molecule has 3 rings (SSSR count). The Kier molecular flexibility index (Phi) is 3.71. The van der Waals surface area contributed by atoms with Gasteiger partial charge in [-0.3, -0.25) is 4.98 Å². The van der Waals surface area contributed by atoms with Gasteiger partial charge in [0.2, 0.25) is 0 Å². The van der Waals surface area contributed by atoms with Crippen molar-refractivity contribution in [2.45, 2.75) is 12.8 Å². The van der Waals surface area contributed by atoms with Crippen LogP contribution in [0.1, 0.15) is 11.1 Å². The Hall–Kier alpha value is -2.56. The average Bonchev–Trinajstić information content (AvgIpc) is 2.46. The zero-order chi connectivity index (χ0) is 15.6. The molecule has 3 aromatic rings. The first-order valence-corrected chi connectivity index (χ1v) is 6.68. The van der Waals surface area contributed by atoms with Crippen molar-refractivity contribution in [3.8, 4) is 5.75 Å². The third kappa shape index (κ3) is 3.55. The highest BCUT2D eigenvalue weighted by Crippen LogP contribution is 2.24. The van der Waals surface area contributed by atoms with Crippen molar-refractivity contribution in [1.82, 2.24) is 4.98 Å². The molecule has 0 aliphatic heterocycles. The second kappa shape index (κ2) is 5.67. The highest BCUT2D eigenvalue weighted by Gasteiger charge is 2.31. The molecule has 1 heterocycles. The van der Waals surface area contributed by atoms with E-state index in [0.717, 1.165) is 22.0 Å². The lowest BCUT2D eigenvalue weighted by atomic mass is 10.0. The molecule has 1 aromatic heterocycles. The normalized spacial score (nSPS) is 11.6. The zero-order valence-corrected chi connectivity index (χ0v) is 11.5. The molecule has 0 atom stereocenters. The fraction of sp³-hybridized carbons (Fsp3) is 0.118. The molecule has 0 bridgehead atoms. The number of nitrogens with zero attached hydrogens (tertiary/aromatic N) is 1. The number of aromatic nitrogens is 1. The van der Waals surface area contributed by atoms with E-state index in [1.807, 2.05) is 30.3 Å². The van der Waals surface area contributed by atoms with Gasteiger partial charge >= 0.3 is 6.36 Å². The first kappa shape index (κ1) is 14.4. The number of pyridine rings is 1. The first-order valence-electron chi connectivity index (χ1n) is 6.68. The van der Waals surface area contributed by atoms with Gasteiger partial charge in [0.15, 0.2) is 0 Å². The molecule has 0 aliphatic carbocycles. The topological polar surface area (TPSA) is 22.1 Å². The first-order chi connectivity index (χ1) is 10.5. The van der Waals surface area contributed by atoms with E-state index in [9.17, 15) is 13.2 Å². The van der Waals surface area contributed by atoms with Crippen LogP contribution in [0, 0.1) is 0 Å². The largest absolute Gasteiger partial charge is 0.573 e. The number of fused-ring (bicyclic) bond motifs is 1. The fourth-order valence-electron chi connectivity index (χ4n) is 2.32. The molecule has 0 saturated carbocycles. The van der Waals surface area contributed by atoms with Gasteiger partial charge in [0.1, 0.15) is 5.75 Å². The number of ether oxygens (including phenoxy) is 1. The number of rotatable bonds is 3. The Balaban J connectivity index is 1.83. The molecular weight excluding hydrogens is 291 g/mol. The van der Waals surface area contributed by atoms with Crippen LogP contribution in [-0.4, -0.2) is 11.3 Å². The molecule has 0 spiro atoms. The summed E-state index contributed by atoms with van der Waals surface area (Å²) in [5.41, 5.74) is 2.65. The van der Waals surface area contributed by atoms with Gasteiger partial charge in [0, 0.05) is 11.6 Å². The minimum atomic E-state index is -4.67.